The summed E-state index contributed by atoms with van der Waals surface area (Å²) in [5.41, 5.74) is -1.18. The Kier molecular flexibility index (Phi) is 7.60. The van der Waals surface area contributed by atoms with Crippen LogP contribution in [0, 0.1) is 5.92 Å². The van der Waals surface area contributed by atoms with E-state index < -0.39 is 47.5 Å². The predicted octanol–water partition coefficient (Wildman–Crippen LogP) is 3.17. The van der Waals surface area contributed by atoms with Crippen LogP contribution in [0.15, 0.2) is 0 Å². The molecule has 1 unspecified atom stereocenters. The van der Waals surface area contributed by atoms with Gasteiger partial charge in [-0.2, -0.15) is 17.6 Å². The van der Waals surface area contributed by atoms with Gasteiger partial charge in [-0.15, -0.1) is 0 Å². The number of esters is 2. The molecule has 0 aromatic rings. The number of likely N-dealkylation sites (tertiary alicyclic amines) is 1. The van der Waals surface area contributed by atoms with Crippen LogP contribution in [0.25, 0.3) is 0 Å². The van der Waals surface area contributed by atoms with Crippen LogP contribution < -0.4 is 0 Å². The van der Waals surface area contributed by atoms with Gasteiger partial charge in [0.15, 0.2) is 0 Å². The van der Waals surface area contributed by atoms with Gasteiger partial charge in [0.1, 0.15) is 5.60 Å². The molecule has 0 aromatic heterocycles. The second kappa shape index (κ2) is 9.30. The van der Waals surface area contributed by atoms with E-state index in [1.54, 1.807) is 0 Å². The molecule has 1 aliphatic heterocycles. The minimum atomic E-state index is -5.39. The number of carbonyl (C=O) groups excluding carboxylic acids is 3. The fourth-order valence-electron chi connectivity index (χ4n) is 4.15. The fraction of sp³-hybridized carbons (Fsp3) is 0.850. The third kappa shape index (κ3) is 5.67. The van der Waals surface area contributed by atoms with Crippen LogP contribution in [0.4, 0.5) is 17.6 Å². The van der Waals surface area contributed by atoms with Crippen LogP contribution in [0.2, 0.25) is 0 Å². The van der Waals surface area contributed by atoms with Gasteiger partial charge in [0.05, 0.1) is 13.0 Å². The van der Waals surface area contributed by atoms with Gasteiger partial charge in [0.2, 0.25) is 0 Å². The Morgan fingerprint density at radius 3 is 1.87 bits per heavy atom. The Morgan fingerprint density at radius 1 is 0.935 bits per heavy atom. The summed E-state index contributed by atoms with van der Waals surface area (Å²) >= 11 is 0. The third-order valence-electron chi connectivity index (χ3n) is 5.56. The molecule has 0 spiro atoms. The first-order chi connectivity index (χ1) is 14.2. The molecule has 1 atom stereocenters. The van der Waals surface area contributed by atoms with Gasteiger partial charge in [-0.1, -0.05) is 0 Å². The van der Waals surface area contributed by atoms with E-state index in [2.05, 4.69) is 4.74 Å². The minimum Gasteiger partial charge on any atom is -0.469 e. The zero-order valence-corrected chi connectivity index (χ0v) is 18.3. The summed E-state index contributed by atoms with van der Waals surface area (Å²) in [7, 11) is 1.20. The van der Waals surface area contributed by atoms with Crippen molar-refractivity contribution in [3.05, 3.63) is 0 Å². The number of methoxy groups -OCH3 is 1. The molecule has 0 N–H and O–H groups in total. The van der Waals surface area contributed by atoms with E-state index >= 15 is 4.39 Å². The normalized spacial score (nSPS) is 24.9. The van der Waals surface area contributed by atoms with E-state index in [-0.39, 0.29) is 43.7 Å². The molecule has 2 rings (SSSR count). The van der Waals surface area contributed by atoms with Gasteiger partial charge < -0.3 is 9.47 Å². The first-order valence-corrected chi connectivity index (χ1v) is 10.4. The van der Waals surface area contributed by atoms with Crippen molar-refractivity contribution in [2.24, 2.45) is 5.92 Å². The summed E-state index contributed by atoms with van der Waals surface area (Å²) in [4.78, 5) is 38.1. The molecule has 0 aromatic carbocycles. The quantitative estimate of drug-likeness (QED) is 0.361. The maximum atomic E-state index is 16.5. The molecule has 0 radical (unpaired) electrons. The zero-order chi connectivity index (χ0) is 23.6. The fourth-order valence-corrected chi connectivity index (χ4v) is 4.15. The third-order valence-corrected chi connectivity index (χ3v) is 5.56. The Bertz CT molecular complexity index is 680. The summed E-state index contributed by atoms with van der Waals surface area (Å²) in [5, 5.41) is 0. The molecular weight excluding hydrogens is 424 g/mol. The second-order valence-electron chi connectivity index (χ2n) is 8.98. The van der Waals surface area contributed by atoms with Gasteiger partial charge >= 0.3 is 29.9 Å². The molecule has 7 nitrogen and oxygen atoms in total. The second-order valence-corrected chi connectivity index (χ2v) is 8.98. The van der Waals surface area contributed by atoms with E-state index in [1.165, 1.54) is 27.9 Å². The molecular formula is C20H30F4N2O5. The minimum absolute atomic E-state index is 0.00882. The van der Waals surface area contributed by atoms with E-state index in [9.17, 15) is 27.6 Å². The Balaban J connectivity index is 2.46. The molecule has 1 amide bonds. The zero-order valence-electron chi connectivity index (χ0n) is 18.3. The summed E-state index contributed by atoms with van der Waals surface area (Å²) in [6.07, 6.45) is -4.38. The maximum absolute atomic E-state index is 16.5. The van der Waals surface area contributed by atoms with Crippen LogP contribution in [-0.2, 0) is 23.9 Å². The van der Waals surface area contributed by atoms with Gasteiger partial charge in [-0.05, 0) is 59.3 Å². The number of hydrogen-bond acceptors (Lipinski definition) is 6. The molecule has 31 heavy (non-hydrogen) atoms. The van der Waals surface area contributed by atoms with Crippen LogP contribution in [0.5, 0.6) is 0 Å². The Labute approximate surface area is 179 Å². The van der Waals surface area contributed by atoms with Gasteiger partial charge in [-0.25, -0.2) is 9.69 Å². The number of amides is 1. The predicted molar refractivity (Wildman–Crippen MR) is 101 cm³/mol. The standard InChI is InChI=1S/C20H30F4N2O5/c1-18(2,3)31-17(29)20(24,25-11-5-6-12-25)26(16(28)19(21,22)23)14-9-7-13(8-10-14)15(27)30-4/h13-14H,5-12H2,1-4H3. The number of alkyl halides is 4. The summed E-state index contributed by atoms with van der Waals surface area (Å²) < 4.78 is 66.9. The number of halogens is 4. The van der Waals surface area contributed by atoms with Gasteiger partial charge in [0, 0.05) is 19.1 Å². The lowest BCUT2D eigenvalue weighted by atomic mass is 9.85. The maximum Gasteiger partial charge on any atom is 0.471 e. The molecule has 1 heterocycles. The van der Waals surface area contributed by atoms with Crippen LogP contribution >= 0.6 is 0 Å². The lowest BCUT2D eigenvalue weighted by Gasteiger charge is -2.47. The Morgan fingerprint density at radius 2 is 1.45 bits per heavy atom. The smallest absolute Gasteiger partial charge is 0.469 e. The molecule has 1 aliphatic carbocycles. The molecule has 1 saturated carbocycles. The highest BCUT2D eigenvalue weighted by atomic mass is 19.4. The van der Waals surface area contributed by atoms with Crippen molar-refractivity contribution in [1.29, 1.82) is 0 Å². The summed E-state index contributed by atoms with van der Waals surface area (Å²) in [6.45, 7) is 4.41. The highest BCUT2D eigenvalue weighted by Gasteiger charge is 2.62. The van der Waals surface area contributed by atoms with Crippen molar-refractivity contribution in [2.45, 2.75) is 83.0 Å². The van der Waals surface area contributed by atoms with Crippen molar-refractivity contribution in [1.82, 2.24) is 9.80 Å². The number of hydrogen-bond donors (Lipinski definition) is 0. The first-order valence-electron chi connectivity index (χ1n) is 10.4. The summed E-state index contributed by atoms with van der Waals surface area (Å²) in [5.74, 6) is -8.44. The molecule has 1 saturated heterocycles. The number of rotatable bonds is 5. The first kappa shape index (κ1) is 25.4. The van der Waals surface area contributed by atoms with Crippen molar-refractivity contribution in [3.8, 4) is 0 Å². The molecule has 0 bridgehead atoms. The topological polar surface area (TPSA) is 76.1 Å². The lowest BCUT2D eigenvalue weighted by Crippen LogP contribution is -2.69. The van der Waals surface area contributed by atoms with Crippen LogP contribution in [0.3, 0.4) is 0 Å². The van der Waals surface area contributed by atoms with Crippen molar-refractivity contribution >= 4 is 17.8 Å². The number of carbonyl (C=O) groups is 3. The molecule has 178 valence electrons. The SMILES string of the molecule is COC(=O)C1CCC(N(C(=O)C(F)(F)F)C(F)(C(=O)OC(C)(C)C)N2CCCC2)CC1. The summed E-state index contributed by atoms with van der Waals surface area (Å²) in [6, 6.07) is -1.23. The monoisotopic (exact) mass is 454 g/mol. The molecule has 2 fully saturated rings. The highest BCUT2D eigenvalue weighted by Crippen LogP contribution is 2.39. The van der Waals surface area contributed by atoms with E-state index in [4.69, 9.17) is 4.74 Å². The largest absolute Gasteiger partial charge is 0.471 e. The van der Waals surface area contributed by atoms with Crippen LogP contribution in [-0.4, -0.2) is 71.6 Å². The average Bonchev–Trinajstić information content (AvgIpc) is 3.21. The van der Waals surface area contributed by atoms with E-state index in [0.717, 1.165) is 4.90 Å². The molecule has 2 aliphatic rings. The van der Waals surface area contributed by atoms with E-state index in [0.29, 0.717) is 12.8 Å². The Hall–Kier alpha value is -1.91. The van der Waals surface area contributed by atoms with Crippen molar-refractivity contribution in [2.75, 3.05) is 20.2 Å². The lowest BCUT2D eigenvalue weighted by molar-refractivity contribution is -0.239. The van der Waals surface area contributed by atoms with E-state index in [1.807, 2.05) is 0 Å². The highest BCUT2D eigenvalue weighted by molar-refractivity contribution is 5.89. The number of nitrogens with zero attached hydrogens (tertiary/aromatic N) is 2. The molecule has 11 heteroatoms. The van der Waals surface area contributed by atoms with Gasteiger partial charge in [0.25, 0.3) is 0 Å². The number of ether oxygens (including phenoxy) is 2. The van der Waals surface area contributed by atoms with Gasteiger partial charge in [-0.3, -0.25) is 14.5 Å². The average molecular weight is 454 g/mol. The van der Waals surface area contributed by atoms with Crippen molar-refractivity contribution in [3.63, 3.8) is 0 Å². The van der Waals surface area contributed by atoms with Crippen LogP contribution in [0.1, 0.15) is 59.3 Å². The van der Waals surface area contributed by atoms with Crippen molar-refractivity contribution < 1.29 is 41.4 Å².